The van der Waals surface area contributed by atoms with Crippen LogP contribution in [0.2, 0.25) is 0 Å². The van der Waals surface area contributed by atoms with Crippen LogP contribution in [0.25, 0.3) is 0 Å². The standard InChI is InChI=1S/C36H57FN2O8/c1-4-5-6-9-12-16-29(40)17-13-10-7-8-11-14-18-31(36(45,35(43)44)23-26-46-3)33(41)39-32(34(42)38-2)27-28-19-21-30(22-20-28)47-25-15-24-37/h14,18-22,31-32,45H,4-13,15-17,23-27H2,1-3H3,(H,38,42)(H,39,41)(H,43,44)/b18-14+/t31-,32+,36+/m1/s1. The lowest BCUT2D eigenvalue weighted by Crippen LogP contribution is -2.56. The van der Waals surface area contributed by atoms with Crippen LogP contribution in [0.4, 0.5) is 4.39 Å². The topological polar surface area (TPSA) is 151 Å². The Balaban J connectivity index is 2.85. The van der Waals surface area contributed by atoms with E-state index < -0.39 is 42.0 Å². The molecule has 0 radical (unpaired) electrons. The van der Waals surface area contributed by atoms with E-state index in [9.17, 15) is 33.8 Å². The van der Waals surface area contributed by atoms with E-state index in [2.05, 4.69) is 17.6 Å². The monoisotopic (exact) mass is 664 g/mol. The number of carbonyl (C=O) groups excluding carboxylic acids is 3. The number of hydrogen-bond donors (Lipinski definition) is 4. The number of nitrogens with one attached hydrogen (secondary N) is 2. The lowest BCUT2D eigenvalue weighted by Gasteiger charge is -2.31. The number of methoxy groups -OCH3 is 1. The summed E-state index contributed by atoms with van der Waals surface area (Å²) in [6.45, 7) is 1.82. The Morgan fingerprint density at radius 3 is 2.13 bits per heavy atom. The number of allylic oxidation sites excluding steroid dienone is 1. The Morgan fingerprint density at radius 2 is 1.55 bits per heavy atom. The maximum Gasteiger partial charge on any atom is 0.336 e. The number of likely N-dealkylation sites (N-methyl/N-ethyl adjacent to an activating group) is 1. The van der Waals surface area contributed by atoms with Gasteiger partial charge in [0.1, 0.15) is 17.6 Å². The van der Waals surface area contributed by atoms with E-state index in [0.717, 1.165) is 38.5 Å². The van der Waals surface area contributed by atoms with Gasteiger partial charge in [0.2, 0.25) is 11.8 Å². The third-order valence-corrected chi connectivity index (χ3v) is 8.11. The summed E-state index contributed by atoms with van der Waals surface area (Å²) in [4.78, 5) is 50.7. The molecule has 0 saturated carbocycles. The third kappa shape index (κ3) is 16.9. The van der Waals surface area contributed by atoms with Gasteiger partial charge in [-0.15, -0.1) is 0 Å². The van der Waals surface area contributed by atoms with Crippen molar-refractivity contribution >= 4 is 23.6 Å². The highest BCUT2D eigenvalue weighted by molar-refractivity contribution is 5.93. The van der Waals surface area contributed by atoms with E-state index in [4.69, 9.17) is 9.47 Å². The number of carboxylic acids is 1. The van der Waals surface area contributed by atoms with Crippen molar-refractivity contribution in [2.75, 3.05) is 34.0 Å². The zero-order valence-electron chi connectivity index (χ0n) is 28.6. The second-order valence-corrected chi connectivity index (χ2v) is 11.9. The van der Waals surface area contributed by atoms with E-state index in [0.29, 0.717) is 36.4 Å². The van der Waals surface area contributed by atoms with Crippen LogP contribution in [0.1, 0.15) is 102 Å². The maximum absolute atomic E-state index is 13.6. The first-order valence-corrected chi connectivity index (χ1v) is 17.1. The molecular formula is C36H57FN2O8. The second kappa shape index (κ2) is 24.8. The van der Waals surface area contributed by atoms with Gasteiger partial charge in [-0.1, -0.05) is 69.7 Å². The van der Waals surface area contributed by atoms with Crippen molar-refractivity contribution in [3.8, 4) is 5.75 Å². The Morgan fingerprint density at radius 1 is 0.915 bits per heavy atom. The van der Waals surface area contributed by atoms with E-state index in [-0.39, 0.29) is 32.5 Å². The van der Waals surface area contributed by atoms with Gasteiger partial charge >= 0.3 is 5.97 Å². The van der Waals surface area contributed by atoms with Gasteiger partial charge in [-0.25, -0.2) is 4.79 Å². The average molecular weight is 665 g/mol. The Hall–Kier alpha value is -3.31. The molecule has 2 amide bonds. The number of carboxylic acid groups (broad SMARTS) is 1. The molecule has 47 heavy (non-hydrogen) atoms. The number of alkyl halides is 1. The minimum Gasteiger partial charge on any atom is -0.494 e. The number of rotatable bonds is 28. The van der Waals surface area contributed by atoms with Crippen LogP contribution in [0.15, 0.2) is 36.4 Å². The number of Topliss-reactive ketones (excluding diaryl/α,β-unsaturated/α-hetero) is 1. The summed E-state index contributed by atoms with van der Waals surface area (Å²) >= 11 is 0. The molecule has 0 bridgehead atoms. The summed E-state index contributed by atoms with van der Waals surface area (Å²) < 4.78 is 22.8. The molecule has 1 aromatic rings. The largest absolute Gasteiger partial charge is 0.494 e. The van der Waals surface area contributed by atoms with Gasteiger partial charge in [0.05, 0.1) is 19.2 Å². The van der Waals surface area contributed by atoms with Gasteiger partial charge < -0.3 is 30.3 Å². The second-order valence-electron chi connectivity index (χ2n) is 11.9. The number of unbranched alkanes of at least 4 members (excludes halogenated alkanes) is 8. The van der Waals surface area contributed by atoms with Crippen molar-refractivity contribution in [2.24, 2.45) is 5.92 Å². The number of ether oxygens (including phenoxy) is 2. The Labute approximate surface area is 279 Å². The summed E-state index contributed by atoms with van der Waals surface area (Å²) in [6.07, 6.45) is 13.9. The van der Waals surface area contributed by atoms with Crippen molar-refractivity contribution in [1.29, 1.82) is 0 Å². The maximum atomic E-state index is 13.6. The number of carbonyl (C=O) groups is 4. The van der Waals surface area contributed by atoms with Crippen LogP contribution in [0.3, 0.4) is 0 Å². The number of amides is 2. The van der Waals surface area contributed by atoms with Crippen molar-refractivity contribution in [2.45, 2.75) is 115 Å². The molecule has 0 aliphatic heterocycles. The fourth-order valence-corrected chi connectivity index (χ4v) is 5.18. The molecule has 0 aromatic heterocycles. The molecule has 10 nitrogen and oxygen atoms in total. The van der Waals surface area contributed by atoms with Crippen LogP contribution in [-0.4, -0.2) is 79.5 Å². The van der Waals surface area contributed by atoms with Crippen molar-refractivity contribution in [3.63, 3.8) is 0 Å². The summed E-state index contributed by atoms with van der Waals surface area (Å²) in [6, 6.07) is 5.76. The van der Waals surface area contributed by atoms with Crippen molar-refractivity contribution in [1.82, 2.24) is 10.6 Å². The fourth-order valence-electron chi connectivity index (χ4n) is 5.18. The highest BCUT2D eigenvalue weighted by atomic mass is 19.1. The smallest absolute Gasteiger partial charge is 0.336 e. The van der Waals surface area contributed by atoms with E-state index in [1.807, 2.05) is 0 Å². The number of ketones is 1. The van der Waals surface area contributed by atoms with Crippen LogP contribution < -0.4 is 15.4 Å². The molecular weight excluding hydrogens is 607 g/mol. The zero-order chi connectivity index (χ0) is 34.9. The Kier molecular flexibility index (Phi) is 22.0. The van der Waals surface area contributed by atoms with Gasteiger partial charge in [0, 0.05) is 52.9 Å². The number of hydrogen-bond acceptors (Lipinski definition) is 7. The van der Waals surface area contributed by atoms with Crippen molar-refractivity contribution in [3.05, 3.63) is 42.0 Å². The van der Waals surface area contributed by atoms with E-state index in [1.54, 1.807) is 30.3 Å². The first kappa shape index (κ1) is 41.7. The van der Waals surface area contributed by atoms with Crippen molar-refractivity contribution < 1.29 is 43.3 Å². The normalized spacial score (nSPS) is 13.9. The highest BCUT2D eigenvalue weighted by Crippen LogP contribution is 2.26. The lowest BCUT2D eigenvalue weighted by molar-refractivity contribution is -0.168. The minimum atomic E-state index is -2.47. The predicted molar refractivity (Wildman–Crippen MR) is 180 cm³/mol. The van der Waals surface area contributed by atoms with Gasteiger partial charge in [-0.05, 0) is 43.4 Å². The first-order valence-electron chi connectivity index (χ1n) is 17.1. The molecule has 11 heteroatoms. The first-order chi connectivity index (χ1) is 22.6. The molecule has 0 unspecified atom stereocenters. The fraction of sp³-hybridized carbons (Fsp3) is 0.667. The van der Waals surface area contributed by atoms with Gasteiger partial charge in [0.15, 0.2) is 5.60 Å². The lowest BCUT2D eigenvalue weighted by atomic mass is 9.83. The summed E-state index contributed by atoms with van der Waals surface area (Å²) in [5.74, 6) is -3.52. The quantitative estimate of drug-likeness (QED) is 0.0678. The molecule has 0 aliphatic carbocycles. The van der Waals surface area contributed by atoms with Gasteiger partial charge in [-0.2, -0.15) is 0 Å². The van der Waals surface area contributed by atoms with Crippen LogP contribution in [0, 0.1) is 5.92 Å². The molecule has 0 heterocycles. The number of halogens is 1. The predicted octanol–water partition coefficient (Wildman–Crippen LogP) is 5.49. The molecule has 3 atom stereocenters. The average Bonchev–Trinajstić information content (AvgIpc) is 3.06. The van der Waals surface area contributed by atoms with Crippen LogP contribution >= 0.6 is 0 Å². The molecule has 0 saturated heterocycles. The summed E-state index contributed by atoms with van der Waals surface area (Å²) in [5.41, 5.74) is -1.77. The summed E-state index contributed by atoms with van der Waals surface area (Å²) in [5, 5.41) is 26.4. The number of benzene rings is 1. The van der Waals surface area contributed by atoms with Gasteiger partial charge in [0.25, 0.3) is 0 Å². The van der Waals surface area contributed by atoms with E-state index >= 15 is 0 Å². The molecule has 0 aliphatic rings. The Bertz CT molecular complexity index is 1080. The molecule has 0 spiro atoms. The van der Waals surface area contributed by atoms with Crippen LogP contribution in [-0.2, 0) is 30.3 Å². The van der Waals surface area contributed by atoms with E-state index in [1.165, 1.54) is 39.5 Å². The molecule has 266 valence electrons. The highest BCUT2D eigenvalue weighted by Gasteiger charge is 2.47. The zero-order valence-corrected chi connectivity index (χ0v) is 28.6. The SMILES string of the molecule is CCCCCCCC(=O)CCCCCC/C=C/[C@H](C(=O)N[C@@H](Cc1ccc(OCCCF)cc1)C(=O)NC)[C@@](O)(CCOC)C(=O)O. The molecule has 1 aromatic carbocycles. The molecule has 0 fully saturated rings. The van der Waals surface area contributed by atoms with Gasteiger partial charge in [-0.3, -0.25) is 18.8 Å². The molecule has 1 rings (SSSR count). The van der Waals surface area contributed by atoms with Crippen LogP contribution in [0.5, 0.6) is 5.75 Å². The summed E-state index contributed by atoms with van der Waals surface area (Å²) in [7, 11) is 2.80. The third-order valence-electron chi connectivity index (χ3n) is 8.11. The number of aliphatic hydroxyl groups is 1. The molecule has 4 N–H and O–H groups in total. The minimum absolute atomic E-state index is 0.0948. The number of aliphatic carboxylic acids is 1.